The standard InChI is InChI=1S/C21H27N3O3/c1-2-14-9-11-21(12-10-14)19(26)24(20(27)23-21)13-18(25)22-17-8-7-15-5-3-4-6-16(15)17/h3-6,14,17H,2,7-13H2,1H3,(H,22,25)(H,23,27). The molecule has 1 aromatic carbocycles. The third-order valence-corrected chi connectivity index (χ3v) is 6.55. The third-order valence-electron chi connectivity index (χ3n) is 6.55. The fraction of sp³-hybridized carbons (Fsp3) is 0.571. The number of carbonyl (C=O) groups is 3. The first-order valence-corrected chi connectivity index (χ1v) is 10.0. The van der Waals surface area contributed by atoms with Gasteiger partial charge in [-0.25, -0.2) is 4.79 Å². The molecule has 2 fully saturated rings. The summed E-state index contributed by atoms with van der Waals surface area (Å²) in [5.41, 5.74) is 1.60. The topological polar surface area (TPSA) is 78.5 Å². The van der Waals surface area contributed by atoms with Crippen molar-refractivity contribution in [2.24, 2.45) is 5.92 Å². The molecule has 1 saturated heterocycles. The molecule has 1 unspecified atom stereocenters. The molecule has 0 aromatic heterocycles. The molecule has 1 saturated carbocycles. The summed E-state index contributed by atoms with van der Waals surface area (Å²) in [5.74, 6) is 0.114. The minimum Gasteiger partial charge on any atom is -0.348 e. The number of benzene rings is 1. The van der Waals surface area contributed by atoms with Crippen LogP contribution in [0.5, 0.6) is 0 Å². The summed E-state index contributed by atoms with van der Waals surface area (Å²) < 4.78 is 0. The molecule has 0 radical (unpaired) electrons. The number of nitrogens with zero attached hydrogens (tertiary/aromatic N) is 1. The molecule has 4 amide bonds. The van der Waals surface area contributed by atoms with Gasteiger partial charge in [0.2, 0.25) is 5.91 Å². The van der Waals surface area contributed by atoms with E-state index in [0.717, 1.165) is 42.6 Å². The molecule has 1 aromatic rings. The van der Waals surface area contributed by atoms with Gasteiger partial charge in [-0.3, -0.25) is 14.5 Å². The van der Waals surface area contributed by atoms with Crippen LogP contribution >= 0.6 is 0 Å². The quantitative estimate of drug-likeness (QED) is 0.801. The maximum atomic E-state index is 12.9. The largest absolute Gasteiger partial charge is 0.348 e. The smallest absolute Gasteiger partial charge is 0.325 e. The minimum absolute atomic E-state index is 0.0385. The van der Waals surface area contributed by atoms with Crippen molar-refractivity contribution in [1.82, 2.24) is 15.5 Å². The van der Waals surface area contributed by atoms with Crippen LogP contribution in [0.25, 0.3) is 0 Å². The molecule has 2 N–H and O–H groups in total. The van der Waals surface area contributed by atoms with Gasteiger partial charge in [0.1, 0.15) is 12.1 Å². The van der Waals surface area contributed by atoms with Gasteiger partial charge in [-0.1, -0.05) is 37.6 Å². The molecule has 6 nitrogen and oxygen atoms in total. The SMILES string of the molecule is CCC1CCC2(CC1)NC(=O)N(CC(=O)NC1CCc3ccccc31)C2=O. The van der Waals surface area contributed by atoms with Crippen molar-refractivity contribution in [3.63, 3.8) is 0 Å². The molecule has 1 spiro atoms. The van der Waals surface area contributed by atoms with Crippen molar-refractivity contribution >= 4 is 17.8 Å². The van der Waals surface area contributed by atoms with Crippen molar-refractivity contribution in [2.45, 2.75) is 63.5 Å². The van der Waals surface area contributed by atoms with Crippen LogP contribution in [0.15, 0.2) is 24.3 Å². The van der Waals surface area contributed by atoms with Gasteiger partial charge in [0.05, 0.1) is 6.04 Å². The third kappa shape index (κ3) is 3.22. The zero-order valence-electron chi connectivity index (χ0n) is 15.8. The van der Waals surface area contributed by atoms with Gasteiger partial charge in [-0.15, -0.1) is 0 Å². The molecule has 4 rings (SSSR count). The average Bonchev–Trinajstić information content (AvgIpc) is 3.17. The van der Waals surface area contributed by atoms with Crippen LogP contribution in [0, 0.1) is 5.92 Å². The van der Waals surface area contributed by atoms with Crippen molar-refractivity contribution in [3.8, 4) is 0 Å². The van der Waals surface area contributed by atoms with Crippen molar-refractivity contribution in [1.29, 1.82) is 0 Å². The van der Waals surface area contributed by atoms with Gasteiger partial charge in [-0.2, -0.15) is 0 Å². The van der Waals surface area contributed by atoms with Gasteiger partial charge in [0, 0.05) is 0 Å². The van der Waals surface area contributed by atoms with Gasteiger partial charge in [0.25, 0.3) is 5.91 Å². The Morgan fingerprint density at radius 1 is 1.22 bits per heavy atom. The Balaban J connectivity index is 1.39. The van der Waals surface area contributed by atoms with Gasteiger partial charge in [-0.05, 0) is 55.6 Å². The lowest BCUT2D eigenvalue weighted by molar-refractivity contribution is -0.136. The number of hydrogen-bond acceptors (Lipinski definition) is 3. The predicted molar refractivity (Wildman–Crippen MR) is 101 cm³/mol. The number of rotatable bonds is 4. The molecular formula is C21H27N3O3. The second kappa shape index (κ2) is 6.98. The van der Waals surface area contributed by atoms with Crippen LogP contribution < -0.4 is 10.6 Å². The number of nitrogens with one attached hydrogen (secondary N) is 2. The van der Waals surface area contributed by atoms with Crippen LogP contribution in [0.2, 0.25) is 0 Å². The number of imide groups is 1. The van der Waals surface area contributed by atoms with E-state index in [1.807, 2.05) is 18.2 Å². The molecular weight excluding hydrogens is 342 g/mol. The highest BCUT2D eigenvalue weighted by Gasteiger charge is 2.52. The average molecular weight is 369 g/mol. The van der Waals surface area contributed by atoms with E-state index in [4.69, 9.17) is 0 Å². The molecule has 144 valence electrons. The first-order valence-electron chi connectivity index (χ1n) is 10.0. The monoisotopic (exact) mass is 369 g/mol. The lowest BCUT2D eigenvalue weighted by Crippen LogP contribution is -2.50. The highest BCUT2D eigenvalue weighted by molar-refractivity contribution is 6.09. The molecule has 27 heavy (non-hydrogen) atoms. The van der Waals surface area contributed by atoms with E-state index in [2.05, 4.69) is 23.6 Å². The fourth-order valence-electron chi connectivity index (χ4n) is 4.83. The number of carbonyl (C=O) groups excluding carboxylic acids is 3. The van der Waals surface area contributed by atoms with Gasteiger partial charge < -0.3 is 10.6 Å². The van der Waals surface area contributed by atoms with E-state index in [0.29, 0.717) is 18.8 Å². The highest BCUT2D eigenvalue weighted by atomic mass is 16.2. The highest BCUT2D eigenvalue weighted by Crippen LogP contribution is 2.37. The Kier molecular flexibility index (Phi) is 4.66. The second-order valence-electron chi connectivity index (χ2n) is 8.11. The van der Waals surface area contributed by atoms with Gasteiger partial charge >= 0.3 is 6.03 Å². The fourth-order valence-corrected chi connectivity index (χ4v) is 4.83. The van der Waals surface area contributed by atoms with Crippen molar-refractivity contribution < 1.29 is 14.4 Å². The Morgan fingerprint density at radius 2 is 1.96 bits per heavy atom. The maximum absolute atomic E-state index is 12.9. The first kappa shape index (κ1) is 18.0. The number of hydrogen-bond donors (Lipinski definition) is 2. The normalized spacial score (nSPS) is 29.7. The summed E-state index contributed by atoms with van der Waals surface area (Å²) in [6.07, 6.45) is 6.13. The van der Waals surface area contributed by atoms with Crippen LogP contribution in [0.3, 0.4) is 0 Å². The summed E-state index contributed by atoms with van der Waals surface area (Å²) in [4.78, 5) is 39.0. The first-order chi connectivity index (χ1) is 13.0. The van der Waals surface area contributed by atoms with Crippen LogP contribution in [-0.2, 0) is 16.0 Å². The van der Waals surface area contributed by atoms with Crippen molar-refractivity contribution in [3.05, 3.63) is 35.4 Å². The number of urea groups is 1. The van der Waals surface area contributed by atoms with Crippen LogP contribution in [0.1, 0.15) is 62.6 Å². The zero-order chi connectivity index (χ0) is 19.0. The number of aryl methyl sites for hydroxylation is 1. The van der Waals surface area contributed by atoms with E-state index < -0.39 is 11.6 Å². The summed E-state index contributed by atoms with van der Waals surface area (Å²) in [6, 6.07) is 7.61. The van der Waals surface area contributed by atoms with Crippen LogP contribution in [0.4, 0.5) is 4.79 Å². The lowest BCUT2D eigenvalue weighted by atomic mass is 9.75. The molecule has 1 aliphatic heterocycles. The number of amides is 4. The van der Waals surface area contributed by atoms with E-state index >= 15 is 0 Å². The Morgan fingerprint density at radius 3 is 2.70 bits per heavy atom. The van der Waals surface area contributed by atoms with E-state index in [1.54, 1.807) is 0 Å². The van der Waals surface area contributed by atoms with Crippen molar-refractivity contribution in [2.75, 3.05) is 6.54 Å². The number of fused-ring (bicyclic) bond motifs is 1. The Bertz CT molecular complexity index is 768. The molecule has 3 aliphatic rings. The molecule has 1 atom stereocenters. The van der Waals surface area contributed by atoms with E-state index in [1.165, 1.54) is 5.56 Å². The summed E-state index contributed by atoms with van der Waals surface area (Å²) in [7, 11) is 0. The summed E-state index contributed by atoms with van der Waals surface area (Å²) in [5, 5.41) is 5.88. The molecule has 1 heterocycles. The summed E-state index contributed by atoms with van der Waals surface area (Å²) >= 11 is 0. The van der Waals surface area contributed by atoms with E-state index in [9.17, 15) is 14.4 Å². The Labute approximate surface area is 159 Å². The summed E-state index contributed by atoms with van der Waals surface area (Å²) in [6.45, 7) is 1.96. The predicted octanol–water partition coefficient (Wildman–Crippen LogP) is 2.68. The Hall–Kier alpha value is -2.37. The molecule has 0 bridgehead atoms. The minimum atomic E-state index is -0.789. The van der Waals surface area contributed by atoms with Crippen LogP contribution in [-0.4, -0.2) is 34.8 Å². The second-order valence-corrected chi connectivity index (χ2v) is 8.11. The maximum Gasteiger partial charge on any atom is 0.325 e. The molecule has 6 heteroatoms. The lowest BCUT2D eigenvalue weighted by Gasteiger charge is -2.34. The van der Waals surface area contributed by atoms with E-state index in [-0.39, 0.29) is 24.4 Å². The zero-order valence-corrected chi connectivity index (χ0v) is 15.8. The van der Waals surface area contributed by atoms with Gasteiger partial charge in [0.15, 0.2) is 0 Å². The molecule has 2 aliphatic carbocycles.